The maximum atomic E-state index is 5.39. The molecule has 110 valence electrons. The predicted molar refractivity (Wildman–Crippen MR) is 79.9 cm³/mol. The molecule has 0 fully saturated rings. The first-order valence-electron chi connectivity index (χ1n) is 7.16. The highest BCUT2D eigenvalue weighted by Crippen LogP contribution is 2.13. The van der Waals surface area contributed by atoms with Gasteiger partial charge in [-0.05, 0) is 40.3 Å². The molecule has 0 spiro atoms. The fourth-order valence-corrected chi connectivity index (χ4v) is 2.08. The summed E-state index contributed by atoms with van der Waals surface area (Å²) >= 11 is 0. The van der Waals surface area contributed by atoms with Gasteiger partial charge in [0.25, 0.3) is 0 Å². The molecule has 0 saturated heterocycles. The van der Waals surface area contributed by atoms with Crippen molar-refractivity contribution in [1.29, 1.82) is 0 Å². The van der Waals surface area contributed by atoms with Gasteiger partial charge in [0, 0.05) is 39.5 Å². The van der Waals surface area contributed by atoms with E-state index in [0.717, 1.165) is 57.3 Å². The van der Waals surface area contributed by atoms with E-state index in [9.17, 15) is 0 Å². The Labute approximate surface area is 117 Å². The molecule has 1 aromatic heterocycles. The van der Waals surface area contributed by atoms with Crippen LogP contribution >= 0.6 is 0 Å². The Balaban J connectivity index is 2.51. The molecule has 0 amide bonds. The highest BCUT2D eigenvalue weighted by Gasteiger charge is 2.09. The van der Waals surface area contributed by atoms with Crippen LogP contribution < -0.4 is 10.2 Å². The van der Waals surface area contributed by atoms with Crippen molar-refractivity contribution in [3.8, 4) is 0 Å². The Morgan fingerprint density at radius 1 is 1.42 bits per heavy atom. The zero-order valence-electron chi connectivity index (χ0n) is 12.8. The van der Waals surface area contributed by atoms with Crippen LogP contribution in [0.4, 0.5) is 5.95 Å². The summed E-state index contributed by atoms with van der Waals surface area (Å²) in [6.45, 7) is 8.70. The lowest BCUT2D eigenvalue weighted by atomic mass is 10.4. The lowest BCUT2D eigenvalue weighted by molar-refractivity contribution is 0.141. The number of aryl methyl sites for hydroxylation is 2. The number of anilines is 1. The van der Waals surface area contributed by atoms with Crippen molar-refractivity contribution in [3.63, 3.8) is 0 Å². The molecule has 1 N–H and O–H groups in total. The number of aromatic nitrogens is 2. The molecule has 5 heteroatoms. The van der Waals surface area contributed by atoms with Gasteiger partial charge in [0.2, 0.25) is 5.95 Å². The van der Waals surface area contributed by atoms with Crippen LogP contribution in [0.2, 0.25) is 0 Å². The van der Waals surface area contributed by atoms with Gasteiger partial charge in [-0.15, -0.1) is 0 Å². The highest BCUT2D eigenvalue weighted by atomic mass is 16.5. The van der Waals surface area contributed by atoms with E-state index in [1.165, 1.54) is 0 Å². The van der Waals surface area contributed by atoms with Crippen molar-refractivity contribution < 1.29 is 4.74 Å². The molecule has 0 atom stereocenters. The minimum absolute atomic E-state index is 0.791. The van der Waals surface area contributed by atoms with E-state index < -0.39 is 0 Å². The van der Waals surface area contributed by atoms with E-state index in [4.69, 9.17) is 4.74 Å². The van der Waals surface area contributed by atoms with Crippen LogP contribution in [0, 0.1) is 6.92 Å². The number of hydrogen-bond donors (Lipinski definition) is 1. The molecule has 19 heavy (non-hydrogen) atoms. The molecule has 1 aromatic rings. The monoisotopic (exact) mass is 268 g/mol. The summed E-state index contributed by atoms with van der Waals surface area (Å²) in [4.78, 5) is 6.84. The quantitative estimate of drug-likeness (QED) is 0.655. The van der Waals surface area contributed by atoms with Crippen molar-refractivity contribution >= 4 is 5.95 Å². The maximum Gasteiger partial charge on any atom is 0.205 e. The van der Waals surface area contributed by atoms with Crippen LogP contribution in [0.25, 0.3) is 0 Å². The van der Waals surface area contributed by atoms with Crippen LogP contribution in [-0.2, 0) is 11.3 Å². The average Bonchev–Trinajstić information content (AvgIpc) is 2.76. The third-order valence-electron chi connectivity index (χ3n) is 3.03. The summed E-state index contributed by atoms with van der Waals surface area (Å²) in [6.07, 6.45) is 4.27. The third kappa shape index (κ3) is 5.61. The summed E-state index contributed by atoms with van der Waals surface area (Å²) in [5, 5.41) is 3.17. The molecule has 0 aliphatic heterocycles. The molecule has 0 aromatic carbocycles. The molecule has 5 nitrogen and oxygen atoms in total. The van der Waals surface area contributed by atoms with Gasteiger partial charge in [-0.25, -0.2) is 4.98 Å². The Morgan fingerprint density at radius 2 is 2.21 bits per heavy atom. The topological polar surface area (TPSA) is 42.3 Å². The largest absolute Gasteiger partial charge is 0.382 e. The average molecular weight is 268 g/mol. The Hall–Kier alpha value is -1.07. The molecule has 1 rings (SSSR count). The number of imidazole rings is 1. The van der Waals surface area contributed by atoms with Crippen molar-refractivity contribution in [1.82, 2.24) is 14.9 Å². The summed E-state index contributed by atoms with van der Waals surface area (Å²) in [7, 11) is 4.09. The van der Waals surface area contributed by atoms with Gasteiger partial charge in [0.05, 0.1) is 5.69 Å². The first kappa shape index (κ1) is 16.0. The normalized spacial score (nSPS) is 10.9. The van der Waals surface area contributed by atoms with E-state index in [0.29, 0.717) is 0 Å². The zero-order chi connectivity index (χ0) is 14.1. The van der Waals surface area contributed by atoms with Crippen molar-refractivity contribution in [2.45, 2.75) is 33.2 Å². The number of hydrogen-bond acceptors (Lipinski definition) is 4. The van der Waals surface area contributed by atoms with Gasteiger partial charge in [0.15, 0.2) is 0 Å². The minimum Gasteiger partial charge on any atom is -0.382 e. The zero-order valence-corrected chi connectivity index (χ0v) is 12.8. The van der Waals surface area contributed by atoms with Gasteiger partial charge < -0.3 is 19.5 Å². The molecule has 0 aliphatic carbocycles. The smallest absolute Gasteiger partial charge is 0.205 e. The molecule has 0 bridgehead atoms. The van der Waals surface area contributed by atoms with Crippen LogP contribution in [-0.4, -0.2) is 49.9 Å². The fourth-order valence-electron chi connectivity index (χ4n) is 2.08. The summed E-state index contributed by atoms with van der Waals surface area (Å²) in [5.41, 5.74) is 1.08. The van der Waals surface area contributed by atoms with Gasteiger partial charge in [0.1, 0.15) is 0 Å². The second-order valence-electron chi connectivity index (χ2n) is 4.80. The third-order valence-corrected chi connectivity index (χ3v) is 3.03. The van der Waals surface area contributed by atoms with Crippen LogP contribution in [0.5, 0.6) is 0 Å². The minimum atomic E-state index is 0.791. The lowest BCUT2D eigenvalue weighted by Gasteiger charge is -2.19. The molecule has 0 radical (unpaired) electrons. The van der Waals surface area contributed by atoms with E-state index in [2.05, 4.69) is 33.0 Å². The molecule has 1 heterocycles. The van der Waals surface area contributed by atoms with Crippen molar-refractivity contribution in [2.75, 3.05) is 45.3 Å². The number of nitrogens with one attached hydrogen (secondary N) is 1. The van der Waals surface area contributed by atoms with Crippen LogP contribution in [0.1, 0.15) is 25.5 Å². The first-order chi connectivity index (χ1) is 9.19. The SMILES string of the molecule is CCOCCCn1cc(C)nc1N(C)CCCNC. The van der Waals surface area contributed by atoms with Gasteiger partial charge in [-0.2, -0.15) is 0 Å². The standard InChI is InChI=1S/C14H28N4O/c1-5-19-11-7-10-18-12-13(2)16-14(18)17(4)9-6-8-15-3/h12,15H,5-11H2,1-4H3. The molecular formula is C14H28N4O. The maximum absolute atomic E-state index is 5.39. The summed E-state index contributed by atoms with van der Waals surface area (Å²) in [5.74, 6) is 1.06. The van der Waals surface area contributed by atoms with Crippen molar-refractivity contribution in [3.05, 3.63) is 11.9 Å². The van der Waals surface area contributed by atoms with E-state index >= 15 is 0 Å². The number of nitrogens with zero attached hydrogens (tertiary/aromatic N) is 3. The Bertz CT molecular complexity index is 351. The predicted octanol–water partition coefficient (Wildman–Crippen LogP) is 1.66. The number of ether oxygens (including phenoxy) is 1. The van der Waals surface area contributed by atoms with E-state index in [1.807, 2.05) is 20.9 Å². The van der Waals surface area contributed by atoms with Gasteiger partial charge in [-0.3, -0.25) is 0 Å². The highest BCUT2D eigenvalue weighted by molar-refractivity contribution is 5.31. The Morgan fingerprint density at radius 3 is 2.89 bits per heavy atom. The first-order valence-corrected chi connectivity index (χ1v) is 7.16. The van der Waals surface area contributed by atoms with Crippen molar-refractivity contribution in [2.24, 2.45) is 0 Å². The molecule has 0 aliphatic rings. The van der Waals surface area contributed by atoms with E-state index in [-0.39, 0.29) is 0 Å². The molecule has 0 saturated carbocycles. The molecular weight excluding hydrogens is 240 g/mol. The Kier molecular flexibility index (Phi) is 7.52. The fraction of sp³-hybridized carbons (Fsp3) is 0.786. The van der Waals surface area contributed by atoms with E-state index in [1.54, 1.807) is 0 Å². The van der Waals surface area contributed by atoms with Gasteiger partial charge in [-0.1, -0.05) is 0 Å². The summed E-state index contributed by atoms with van der Waals surface area (Å²) in [6, 6.07) is 0. The van der Waals surface area contributed by atoms with Gasteiger partial charge >= 0.3 is 0 Å². The summed E-state index contributed by atoms with van der Waals surface area (Å²) < 4.78 is 7.62. The molecule has 0 unspecified atom stereocenters. The van der Waals surface area contributed by atoms with Crippen LogP contribution in [0.3, 0.4) is 0 Å². The number of rotatable bonds is 10. The second kappa shape index (κ2) is 8.93. The lowest BCUT2D eigenvalue weighted by Crippen LogP contribution is -2.25. The second-order valence-corrected chi connectivity index (χ2v) is 4.80. The van der Waals surface area contributed by atoms with Crippen LogP contribution in [0.15, 0.2) is 6.20 Å².